The maximum Gasteiger partial charge on any atom is 0.501 e. The molecule has 0 aromatic heterocycles. The van der Waals surface area contributed by atoms with Crippen molar-refractivity contribution in [1.82, 2.24) is 4.90 Å². The Hall–Kier alpha value is -2.72. The number of carbonyl (C=O) groups excluding carboxylic acids is 2. The van der Waals surface area contributed by atoms with Gasteiger partial charge in [0.1, 0.15) is 12.4 Å². The third-order valence-corrected chi connectivity index (χ3v) is 9.53. The molecule has 8 nitrogen and oxygen atoms in total. The topological polar surface area (TPSA) is 102 Å². The number of nitrogens with zero attached hydrogens (tertiary/aromatic N) is 1. The van der Waals surface area contributed by atoms with Gasteiger partial charge in [-0.2, -0.15) is 13.2 Å². The smallest absolute Gasteiger partial charge is 0.487 e. The number of amides is 2. The number of alkyl halides is 5. The molecule has 0 spiro atoms. The summed E-state index contributed by atoms with van der Waals surface area (Å²) in [6, 6.07) is 8.06. The van der Waals surface area contributed by atoms with Gasteiger partial charge >= 0.3 is 11.6 Å². The number of anilines is 1. The van der Waals surface area contributed by atoms with Gasteiger partial charge in [0.25, 0.3) is 16.3 Å². The van der Waals surface area contributed by atoms with Crippen molar-refractivity contribution in [3.8, 4) is 5.75 Å². The monoisotopic (exact) mass is 702 g/mol. The van der Waals surface area contributed by atoms with Gasteiger partial charge in [0.15, 0.2) is 0 Å². The molecule has 2 amide bonds. The molecule has 0 aliphatic carbocycles. The number of rotatable bonds is 13. The van der Waals surface area contributed by atoms with Crippen molar-refractivity contribution < 1.29 is 49.4 Å². The Kier molecular flexibility index (Phi) is 12.4. The van der Waals surface area contributed by atoms with Gasteiger partial charge in [-0.15, -0.1) is 0 Å². The summed E-state index contributed by atoms with van der Waals surface area (Å²) in [5.74, 6) is -0.429. The number of aryl methyl sites for hydroxylation is 1. The van der Waals surface area contributed by atoms with Crippen molar-refractivity contribution in [3.63, 3.8) is 0 Å². The molecule has 0 fully saturated rings. The molecule has 1 N–H and O–H groups in total. The summed E-state index contributed by atoms with van der Waals surface area (Å²) in [5, 5.41) is 2.49. The van der Waals surface area contributed by atoms with Crippen LogP contribution < -0.4 is 10.1 Å². The Balaban J connectivity index is 2.24. The first-order valence-corrected chi connectivity index (χ1v) is 18.6. The molecular weight excluding hydrogens is 671 g/mol. The van der Waals surface area contributed by atoms with Crippen LogP contribution in [0.15, 0.2) is 45.8 Å². The highest BCUT2D eigenvalue weighted by Gasteiger charge is 2.48. The number of ether oxygens (including phenoxy) is 2. The molecule has 0 radical (unpaired) electrons. The zero-order valence-electron chi connectivity index (χ0n) is 23.4. The van der Waals surface area contributed by atoms with Crippen LogP contribution in [0.25, 0.3) is 0 Å². The SMILES string of the molecule is CN(Cc1cc(NC(=O)CCc2cc(Br)ccc2OCC(F)F)ccc1S(=O)(=O)C(F)(F)F)C(=O)OCC[Si](C)(C)C. The number of carbonyl (C=O) groups is 2. The predicted octanol–water partition coefficient (Wildman–Crippen LogP) is 6.86. The summed E-state index contributed by atoms with van der Waals surface area (Å²) >= 11 is 3.27. The lowest BCUT2D eigenvalue weighted by Gasteiger charge is -2.21. The first-order valence-electron chi connectivity index (χ1n) is 12.6. The fraction of sp³-hybridized carbons (Fsp3) is 0.462. The summed E-state index contributed by atoms with van der Waals surface area (Å²) in [7, 11) is -6.07. The Morgan fingerprint density at radius 1 is 1.07 bits per heavy atom. The third kappa shape index (κ3) is 10.8. The molecule has 0 aliphatic rings. The first-order chi connectivity index (χ1) is 19.3. The highest BCUT2D eigenvalue weighted by molar-refractivity contribution is 9.10. The second-order valence-corrected chi connectivity index (χ2v) is 19.0. The van der Waals surface area contributed by atoms with Crippen molar-refractivity contribution in [2.75, 3.05) is 25.6 Å². The van der Waals surface area contributed by atoms with E-state index in [9.17, 15) is 40.0 Å². The fourth-order valence-electron chi connectivity index (χ4n) is 3.55. The van der Waals surface area contributed by atoms with E-state index >= 15 is 0 Å². The normalized spacial score (nSPS) is 12.3. The Bertz CT molecular complexity index is 1370. The number of hydrogen-bond acceptors (Lipinski definition) is 6. The van der Waals surface area contributed by atoms with Crippen LogP contribution in [-0.4, -0.2) is 65.6 Å². The van der Waals surface area contributed by atoms with Gasteiger partial charge in [-0.05, 0) is 60.0 Å². The molecule has 16 heteroatoms. The molecule has 2 aromatic rings. The molecule has 0 atom stereocenters. The lowest BCUT2D eigenvalue weighted by atomic mass is 10.1. The van der Waals surface area contributed by atoms with Crippen LogP contribution in [0.1, 0.15) is 17.5 Å². The van der Waals surface area contributed by atoms with Crippen LogP contribution in [0, 0.1) is 0 Å². The molecule has 2 aromatic carbocycles. The van der Waals surface area contributed by atoms with Crippen LogP contribution in [0.2, 0.25) is 25.7 Å². The molecule has 0 bridgehead atoms. The van der Waals surface area contributed by atoms with E-state index in [1.807, 2.05) is 0 Å². The molecule has 42 heavy (non-hydrogen) atoms. The maximum absolute atomic E-state index is 13.4. The number of hydrogen-bond donors (Lipinski definition) is 1. The largest absolute Gasteiger partial charge is 0.501 e. The predicted molar refractivity (Wildman–Crippen MR) is 153 cm³/mol. The van der Waals surface area contributed by atoms with E-state index in [0.717, 1.165) is 17.0 Å². The van der Waals surface area contributed by atoms with Crippen LogP contribution in [0.3, 0.4) is 0 Å². The van der Waals surface area contributed by atoms with Gasteiger partial charge in [0.2, 0.25) is 5.91 Å². The van der Waals surface area contributed by atoms with Crippen LogP contribution in [-0.2, 0) is 32.3 Å². The van der Waals surface area contributed by atoms with Gasteiger partial charge in [-0.3, -0.25) is 4.79 Å². The van der Waals surface area contributed by atoms with E-state index < -0.39 is 59.9 Å². The Labute approximate surface area is 250 Å². The average Bonchev–Trinajstić information content (AvgIpc) is 2.85. The number of sulfone groups is 1. The lowest BCUT2D eigenvalue weighted by molar-refractivity contribution is -0.116. The van der Waals surface area contributed by atoms with E-state index in [1.54, 1.807) is 12.1 Å². The van der Waals surface area contributed by atoms with Crippen LogP contribution >= 0.6 is 15.9 Å². The van der Waals surface area contributed by atoms with E-state index in [-0.39, 0.29) is 36.4 Å². The number of halogens is 6. The van der Waals surface area contributed by atoms with Crippen molar-refractivity contribution >= 4 is 51.5 Å². The van der Waals surface area contributed by atoms with E-state index in [4.69, 9.17) is 9.47 Å². The van der Waals surface area contributed by atoms with E-state index in [0.29, 0.717) is 22.1 Å². The first kappa shape index (κ1) is 35.5. The highest BCUT2D eigenvalue weighted by atomic mass is 79.9. The molecular formula is C26H32BrF5N2O6SSi. The second kappa shape index (κ2) is 14.6. The summed E-state index contributed by atoms with van der Waals surface area (Å²) < 4.78 is 101. The van der Waals surface area contributed by atoms with E-state index in [1.165, 1.54) is 13.1 Å². The fourth-order valence-corrected chi connectivity index (χ4v) is 5.64. The molecule has 0 unspecified atom stereocenters. The maximum atomic E-state index is 13.4. The molecule has 0 saturated heterocycles. The van der Waals surface area contributed by atoms with Crippen molar-refractivity contribution in [2.45, 2.75) is 61.9 Å². The molecule has 0 aliphatic heterocycles. The van der Waals surface area contributed by atoms with Gasteiger partial charge in [-0.1, -0.05) is 35.6 Å². The quantitative estimate of drug-likeness (QED) is 0.181. The Morgan fingerprint density at radius 3 is 2.33 bits per heavy atom. The minimum absolute atomic E-state index is 0.0139. The summed E-state index contributed by atoms with van der Waals surface area (Å²) in [6.07, 6.45) is -3.64. The summed E-state index contributed by atoms with van der Waals surface area (Å²) in [6.45, 7) is 4.92. The number of nitrogens with one attached hydrogen (secondary N) is 1. The lowest BCUT2D eigenvalue weighted by Crippen LogP contribution is -2.31. The van der Waals surface area contributed by atoms with Crippen LogP contribution in [0.4, 0.5) is 32.4 Å². The second-order valence-electron chi connectivity index (χ2n) is 10.6. The zero-order valence-corrected chi connectivity index (χ0v) is 26.8. The van der Waals surface area contributed by atoms with Gasteiger partial charge in [0, 0.05) is 31.7 Å². The van der Waals surface area contributed by atoms with Crippen molar-refractivity contribution in [3.05, 3.63) is 52.0 Å². The Morgan fingerprint density at radius 2 is 1.74 bits per heavy atom. The molecule has 234 valence electrons. The molecule has 2 rings (SSSR count). The summed E-state index contributed by atoms with van der Waals surface area (Å²) in [4.78, 5) is 25.0. The minimum atomic E-state index is -5.78. The van der Waals surface area contributed by atoms with Crippen molar-refractivity contribution in [2.24, 2.45) is 0 Å². The molecule has 0 heterocycles. The summed E-state index contributed by atoms with van der Waals surface area (Å²) in [5.41, 5.74) is -5.54. The van der Waals surface area contributed by atoms with E-state index in [2.05, 4.69) is 40.9 Å². The van der Waals surface area contributed by atoms with Gasteiger partial charge < -0.3 is 19.7 Å². The van der Waals surface area contributed by atoms with Gasteiger partial charge in [-0.25, -0.2) is 22.0 Å². The average molecular weight is 704 g/mol. The van der Waals surface area contributed by atoms with Crippen LogP contribution in [0.5, 0.6) is 5.75 Å². The number of benzene rings is 2. The third-order valence-electron chi connectivity index (χ3n) is 5.74. The van der Waals surface area contributed by atoms with Gasteiger partial charge in [0.05, 0.1) is 18.0 Å². The zero-order chi connectivity index (χ0) is 31.9. The standard InChI is InChI=1S/C26H32BrF5N2O6SSi/c1-34(25(36)39-11-12-42(2,3)4)15-18-14-20(7-9-22(18)41(37,38)26(30,31)32)33-24(35)10-5-17-13-19(27)6-8-21(17)40-16-23(28)29/h6-9,13-14,23H,5,10-12,15-16H2,1-4H3,(H,33,35). The molecule has 0 saturated carbocycles. The van der Waals surface area contributed by atoms with Crippen molar-refractivity contribution in [1.29, 1.82) is 0 Å². The minimum Gasteiger partial charge on any atom is -0.487 e. The highest BCUT2D eigenvalue weighted by Crippen LogP contribution is 2.34.